The van der Waals surface area contributed by atoms with Crippen molar-refractivity contribution in [1.29, 1.82) is 0 Å². The van der Waals surface area contributed by atoms with Gasteiger partial charge in [0.2, 0.25) is 11.8 Å². The normalized spacial score (nSPS) is 18.3. The number of aliphatic imine (C=N–C) groups is 1. The van der Waals surface area contributed by atoms with Crippen molar-refractivity contribution in [1.82, 2.24) is 15.5 Å². The van der Waals surface area contributed by atoms with Gasteiger partial charge in [0, 0.05) is 19.3 Å². The van der Waals surface area contributed by atoms with E-state index in [0.717, 1.165) is 42.6 Å². The molecule has 9 nitrogen and oxygen atoms in total. The molecular weight excluding hydrogens is 542 g/mol. The summed E-state index contributed by atoms with van der Waals surface area (Å²) in [6, 6.07) is 16.4. The number of nitrogens with zero attached hydrogens (tertiary/aromatic N) is 2. The third-order valence-corrected chi connectivity index (χ3v) is 7.75. The Morgan fingerprint density at radius 3 is 2.51 bits per heavy atom. The molecule has 4 rings (SSSR count). The lowest BCUT2D eigenvalue weighted by Gasteiger charge is -2.29. The lowest BCUT2D eigenvalue weighted by molar-refractivity contribution is -0.132. The highest BCUT2D eigenvalue weighted by molar-refractivity contribution is 5.92. The Bertz CT molecular complexity index is 1340. The molecular formula is C34H43N5O4. The summed E-state index contributed by atoms with van der Waals surface area (Å²) < 4.78 is 5.83. The summed E-state index contributed by atoms with van der Waals surface area (Å²) in [4.78, 5) is 46.7. The van der Waals surface area contributed by atoms with Gasteiger partial charge in [-0.3, -0.25) is 14.4 Å². The molecule has 43 heavy (non-hydrogen) atoms. The van der Waals surface area contributed by atoms with E-state index in [2.05, 4.69) is 22.2 Å². The second-order valence-electron chi connectivity index (χ2n) is 11.7. The number of rotatable bonds is 12. The summed E-state index contributed by atoms with van der Waals surface area (Å²) in [7, 11) is 0. The highest BCUT2D eigenvalue weighted by Crippen LogP contribution is 2.36. The van der Waals surface area contributed by atoms with E-state index in [-0.39, 0.29) is 25.0 Å². The van der Waals surface area contributed by atoms with E-state index in [0.29, 0.717) is 18.7 Å². The summed E-state index contributed by atoms with van der Waals surface area (Å²) in [5.74, 6) is -1.24. The summed E-state index contributed by atoms with van der Waals surface area (Å²) in [5.41, 5.74) is 7.57. The van der Waals surface area contributed by atoms with Crippen molar-refractivity contribution in [3.05, 3.63) is 89.8 Å². The molecule has 3 amide bonds. The molecule has 2 aliphatic rings. The van der Waals surface area contributed by atoms with E-state index in [1.54, 1.807) is 26.1 Å². The average Bonchev–Trinajstić information content (AvgIpc) is 3.45. The van der Waals surface area contributed by atoms with E-state index in [1.165, 1.54) is 0 Å². The van der Waals surface area contributed by atoms with E-state index < -0.39 is 29.3 Å². The second-order valence-corrected chi connectivity index (χ2v) is 11.7. The number of benzene rings is 2. The first kappa shape index (κ1) is 31.8. The van der Waals surface area contributed by atoms with Gasteiger partial charge in [0.25, 0.3) is 5.91 Å². The van der Waals surface area contributed by atoms with E-state index in [1.807, 2.05) is 65.6 Å². The molecule has 0 radical (unpaired) electrons. The zero-order valence-electron chi connectivity index (χ0n) is 25.1. The van der Waals surface area contributed by atoms with E-state index in [4.69, 9.17) is 10.5 Å². The Hall–Kier alpha value is -4.08. The largest absolute Gasteiger partial charge is 0.374 e. The lowest BCUT2D eigenvalue weighted by Crippen LogP contribution is -2.57. The van der Waals surface area contributed by atoms with Crippen molar-refractivity contribution in [3.63, 3.8) is 0 Å². The quantitative estimate of drug-likeness (QED) is 0.348. The van der Waals surface area contributed by atoms with Crippen LogP contribution in [0.3, 0.4) is 0 Å². The number of carbonyl (C=O) groups is 3. The monoisotopic (exact) mass is 585 g/mol. The van der Waals surface area contributed by atoms with Crippen molar-refractivity contribution in [2.24, 2.45) is 16.6 Å². The van der Waals surface area contributed by atoms with Crippen molar-refractivity contribution in [2.75, 3.05) is 19.7 Å². The first-order valence-corrected chi connectivity index (χ1v) is 14.9. The summed E-state index contributed by atoms with van der Waals surface area (Å²) in [6.07, 6.45) is 8.71. The number of allylic oxidation sites excluding steroid dienone is 1. The van der Waals surface area contributed by atoms with Crippen LogP contribution in [-0.4, -0.2) is 60.1 Å². The maximum absolute atomic E-state index is 14.0. The zero-order valence-corrected chi connectivity index (χ0v) is 25.1. The molecule has 2 heterocycles. The van der Waals surface area contributed by atoms with Crippen LogP contribution in [0.5, 0.6) is 0 Å². The molecule has 0 spiro atoms. The van der Waals surface area contributed by atoms with Gasteiger partial charge in [0.1, 0.15) is 11.9 Å². The van der Waals surface area contributed by atoms with E-state index >= 15 is 0 Å². The molecule has 1 fully saturated rings. The number of carbonyl (C=O) groups excluding carboxylic acids is 3. The molecule has 2 aromatic carbocycles. The maximum atomic E-state index is 14.0. The number of hydrogen-bond acceptors (Lipinski definition) is 6. The Morgan fingerprint density at radius 1 is 1.12 bits per heavy atom. The van der Waals surface area contributed by atoms with Gasteiger partial charge < -0.3 is 26.0 Å². The second kappa shape index (κ2) is 14.9. The van der Waals surface area contributed by atoms with Crippen LogP contribution in [0.2, 0.25) is 0 Å². The number of amides is 3. The predicted molar refractivity (Wildman–Crippen MR) is 169 cm³/mol. The Kier molecular flexibility index (Phi) is 11.0. The first-order valence-electron chi connectivity index (χ1n) is 14.9. The van der Waals surface area contributed by atoms with Crippen LogP contribution in [0.25, 0.3) is 6.08 Å². The molecule has 1 saturated heterocycles. The fraction of sp³-hybridized carbons (Fsp3) is 0.412. The Morgan fingerprint density at radius 2 is 1.81 bits per heavy atom. The lowest BCUT2D eigenvalue weighted by atomic mass is 9.80. The van der Waals surface area contributed by atoms with Gasteiger partial charge in [0.15, 0.2) is 0 Å². The van der Waals surface area contributed by atoms with Crippen LogP contribution in [-0.2, 0) is 25.7 Å². The number of likely N-dealkylation sites (tertiary alicyclic amines) is 1. The molecule has 1 unspecified atom stereocenters. The van der Waals surface area contributed by atoms with Crippen LogP contribution in [0, 0.1) is 5.92 Å². The summed E-state index contributed by atoms with van der Waals surface area (Å²) in [6.45, 7) is 8.81. The molecule has 9 heteroatoms. The van der Waals surface area contributed by atoms with Gasteiger partial charge in [-0.15, -0.1) is 0 Å². The van der Waals surface area contributed by atoms with Crippen molar-refractivity contribution in [3.8, 4) is 0 Å². The van der Waals surface area contributed by atoms with Crippen LogP contribution in [0.1, 0.15) is 62.1 Å². The van der Waals surface area contributed by atoms with Gasteiger partial charge >= 0.3 is 0 Å². The third-order valence-electron chi connectivity index (χ3n) is 7.75. The Balaban J connectivity index is 1.57. The van der Waals surface area contributed by atoms with E-state index in [9.17, 15) is 14.4 Å². The zero-order chi connectivity index (χ0) is 30.8. The molecule has 0 aromatic heterocycles. The smallest absolute Gasteiger partial charge is 0.250 e. The van der Waals surface area contributed by atoms with Crippen LogP contribution < -0.4 is 16.4 Å². The fourth-order valence-electron chi connectivity index (χ4n) is 5.37. The van der Waals surface area contributed by atoms with Crippen molar-refractivity contribution >= 4 is 30.0 Å². The topological polar surface area (TPSA) is 126 Å². The molecule has 4 N–H and O–H groups in total. The van der Waals surface area contributed by atoms with Gasteiger partial charge in [-0.05, 0) is 68.2 Å². The van der Waals surface area contributed by atoms with Crippen molar-refractivity contribution in [2.45, 2.75) is 63.6 Å². The van der Waals surface area contributed by atoms with Crippen LogP contribution >= 0.6 is 0 Å². The van der Waals surface area contributed by atoms with Crippen molar-refractivity contribution < 1.29 is 19.1 Å². The minimum Gasteiger partial charge on any atom is -0.374 e. The average molecular weight is 586 g/mol. The number of nitrogens with one attached hydrogen (secondary N) is 2. The molecule has 2 aromatic rings. The number of nitrogens with two attached hydrogens (primary N) is 1. The SMILES string of the molecule is C=Cc1ccccc1C(C(=O)N1CCCC1)[C@H]1C=C(NC(=O)[C@@H](COCc2ccccc2)NC(=O)C(C)(C)N)N=CCC1. The van der Waals surface area contributed by atoms with Crippen LogP contribution in [0.4, 0.5) is 0 Å². The summed E-state index contributed by atoms with van der Waals surface area (Å²) >= 11 is 0. The minimum absolute atomic E-state index is 0.0637. The minimum atomic E-state index is -1.19. The maximum Gasteiger partial charge on any atom is 0.250 e. The van der Waals surface area contributed by atoms with Gasteiger partial charge in [-0.2, -0.15) is 0 Å². The highest BCUT2D eigenvalue weighted by atomic mass is 16.5. The standard InChI is InChI=1S/C34H43N5O4/c1-4-25-15-8-9-17-27(25)30(32(41)39-19-10-11-20-39)26-16-12-18-36-29(21-26)38-31(40)28(37-33(42)34(2,3)35)23-43-22-24-13-6-5-7-14-24/h4-9,13-15,17-18,21,26,28,30H,1,10-12,16,19-20,22-23,35H2,2-3H3,(H,37,42)(H,38,40)/t26-,28-,30?/m1/s1. The molecule has 3 atom stereocenters. The number of hydrogen-bond donors (Lipinski definition) is 3. The molecule has 0 saturated carbocycles. The van der Waals surface area contributed by atoms with Gasteiger partial charge in [0.05, 0.1) is 24.7 Å². The fourth-order valence-corrected chi connectivity index (χ4v) is 5.37. The molecule has 228 valence electrons. The van der Waals surface area contributed by atoms with Gasteiger partial charge in [-0.25, -0.2) is 4.99 Å². The number of ether oxygens (including phenoxy) is 1. The molecule has 2 aliphatic heterocycles. The molecule has 0 aliphatic carbocycles. The predicted octanol–water partition coefficient (Wildman–Crippen LogP) is 3.91. The van der Waals surface area contributed by atoms with Crippen LogP contribution in [0.15, 0.2) is 78.1 Å². The molecule has 0 bridgehead atoms. The summed E-state index contributed by atoms with van der Waals surface area (Å²) in [5, 5.41) is 5.61. The van der Waals surface area contributed by atoms with Gasteiger partial charge in [-0.1, -0.05) is 67.3 Å². The third kappa shape index (κ3) is 8.72. The highest BCUT2D eigenvalue weighted by Gasteiger charge is 2.35. The Labute approximate surface area is 254 Å². The first-order chi connectivity index (χ1) is 20.7.